The van der Waals surface area contributed by atoms with Gasteiger partial charge in [0.15, 0.2) is 0 Å². The molecule has 1 aromatic rings. The van der Waals surface area contributed by atoms with Gasteiger partial charge in [0.05, 0.1) is 0 Å². The van der Waals surface area contributed by atoms with Crippen LogP contribution in [0.25, 0.3) is 0 Å². The van der Waals surface area contributed by atoms with Crippen LogP contribution in [0.2, 0.25) is 0 Å². The predicted octanol–water partition coefficient (Wildman–Crippen LogP) is 1.50. The minimum Gasteiger partial charge on any atom is -0.445 e. The number of ether oxygens (including phenoxy) is 1. The van der Waals surface area contributed by atoms with E-state index in [1.54, 1.807) is 0 Å². The van der Waals surface area contributed by atoms with Crippen LogP contribution >= 0.6 is 0 Å². The number of rotatable bonds is 3. The summed E-state index contributed by atoms with van der Waals surface area (Å²) >= 11 is 0. The maximum absolute atomic E-state index is 11.6. The Balaban J connectivity index is 1.81. The molecule has 0 aromatic heterocycles. The number of alkyl carbamates (subject to hydrolysis) is 1. The minimum atomic E-state index is -0.551. The summed E-state index contributed by atoms with van der Waals surface area (Å²) in [7, 11) is 0. The Morgan fingerprint density at radius 1 is 1.47 bits per heavy atom. The third-order valence-corrected chi connectivity index (χ3v) is 3.20. The first-order valence-electron chi connectivity index (χ1n) is 6.42. The molecular formula is C14H18N2O3. The molecule has 1 heterocycles. The van der Waals surface area contributed by atoms with Crippen LogP contribution in [0.4, 0.5) is 4.79 Å². The van der Waals surface area contributed by atoms with Gasteiger partial charge in [-0.25, -0.2) is 4.79 Å². The van der Waals surface area contributed by atoms with Gasteiger partial charge >= 0.3 is 6.09 Å². The fourth-order valence-corrected chi connectivity index (χ4v) is 2.01. The summed E-state index contributed by atoms with van der Waals surface area (Å²) in [5, 5.41) is 5.30. The zero-order valence-corrected chi connectivity index (χ0v) is 10.9. The van der Waals surface area contributed by atoms with Crippen LogP contribution in [0.5, 0.6) is 0 Å². The van der Waals surface area contributed by atoms with Gasteiger partial charge in [0, 0.05) is 6.54 Å². The van der Waals surface area contributed by atoms with Gasteiger partial charge in [0.1, 0.15) is 12.6 Å². The molecule has 5 heteroatoms. The van der Waals surface area contributed by atoms with Crippen LogP contribution in [0.1, 0.15) is 24.0 Å². The zero-order valence-electron chi connectivity index (χ0n) is 10.9. The van der Waals surface area contributed by atoms with E-state index in [9.17, 15) is 9.59 Å². The smallest absolute Gasteiger partial charge is 0.408 e. The molecule has 0 unspecified atom stereocenters. The van der Waals surface area contributed by atoms with Crippen molar-refractivity contribution in [3.05, 3.63) is 35.4 Å². The fourth-order valence-electron chi connectivity index (χ4n) is 2.01. The molecule has 1 aliphatic rings. The Morgan fingerprint density at radius 3 is 3.00 bits per heavy atom. The van der Waals surface area contributed by atoms with Gasteiger partial charge in [-0.15, -0.1) is 0 Å². The minimum absolute atomic E-state index is 0.140. The predicted molar refractivity (Wildman–Crippen MR) is 70.5 cm³/mol. The summed E-state index contributed by atoms with van der Waals surface area (Å²) in [5.74, 6) is -0.140. The van der Waals surface area contributed by atoms with E-state index in [1.165, 1.54) is 0 Å². The second kappa shape index (κ2) is 6.22. The Morgan fingerprint density at radius 2 is 2.26 bits per heavy atom. The summed E-state index contributed by atoms with van der Waals surface area (Å²) in [6.07, 6.45) is 0.977. The summed E-state index contributed by atoms with van der Waals surface area (Å²) in [6.45, 7) is 2.85. The number of amides is 2. The van der Waals surface area contributed by atoms with E-state index in [0.29, 0.717) is 13.0 Å². The molecule has 0 saturated carbocycles. The molecule has 102 valence electrons. The summed E-state index contributed by atoms with van der Waals surface area (Å²) < 4.78 is 5.13. The Bertz CT molecular complexity index is 474. The molecular weight excluding hydrogens is 244 g/mol. The van der Waals surface area contributed by atoms with Crippen molar-refractivity contribution in [2.45, 2.75) is 32.4 Å². The Labute approximate surface area is 112 Å². The standard InChI is InChI=1S/C14H18N2O3/c1-10-5-2-3-6-11(10)9-19-14(18)16-12-7-4-8-15-13(12)17/h2-3,5-6,12H,4,7-9H2,1H3,(H,15,17)(H,16,18)/t12-/m0/s1. The summed E-state index contributed by atoms with van der Waals surface area (Å²) in [4.78, 5) is 23.1. The average molecular weight is 262 g/mol. The highest BCUT2D eigenvalue weighted by Crippen LogP contribution is 2.09. The Hall–Kier alpha value is -2.04. The quantitative estimate of drug-likeness (QED) is 0.867. The Kier molecular flexibility index (Phi) is 4.39. The van der Waals surface area contributed by atoms with Crippen LogP contribution in [0, 0.1) is 6.92 Å². The molecule has 0 spiro atoms. The van der Waals surface area contributed by atoms with Gasteiger partial charge in [-0.3, -0.25) is 4.79 Å². The van der Waals surface area contributed by atoms with Crippen molar-refractivity contribution in [1.82, 2.24) is 10.6 Å². The molecule has 2 amide bonds. The first kappa shape index (κ1) is 13.4. The highest BCUT2D eigenvalue weighted by Gasteiger charge is 2.23. The molecule has 1 aromatic carbocycles. The van der Waals surface area contributed by atoms with Crippen molar-refractivity contribution in [1.29, 1.82) is 0 Å². The van der Waals surface area contributed by atoms with Crippen molar-refractivity contribution >= 4 is 12.0 Å². The van der Waals surface area contributed by atoms with E-state index < -0.39 is 12.1 Å². The second-order valence-corrected chi connectivity index (χ2v) is 4.63. The van der Waals surface area contributed by atoms with Crippen LogP contribution in [-0.4, -0.2) is 24.6 Å². The van der Waals surface area contributed by atoms with E-state index in [2.05, 4.69) is 10.6 Å². The average Bonchev–Trinajstić information content (AvgIpc) is 2.40. The maximum Gasteiger partial charge on any atom is 0.408 e. The molecule has 2 N–H and O–H groups in total. The zero-order chi connectivity index (χ0) is 13.7. The van der Waals surface area contributed by atoms with Crippen LogP contribution in [0.3, 0.4) is 0 Å². The number of hydrogen-bond acceptors (Lipinski definition) is 3. The van der Waals surface area contributed by atoms with Crippen molar-refractivity contribution in [2.75, 3.05) is 6.54 Å². The van der Waals surface area contributed by atoms with Crippen LogP contribution < -0.4 is 10.6 Å². The van der Waals surface area contributed by atoms with Gasteiger partial charge in [0.25, 0.3) is 0 Å². The van der Waals surface area contributed by atoms with Crippen molar-refractivity contribution in [2.24, 2.45) is 0 Å². The van der Waals surface area contributed by atoms with Crippen molar-refractivity contribution in [3.8, 4) is 0 Å². The first-order valence-corrected chi connectivity index (χ1v) is 6.42. The van der Waals surface area contributed by atoms with Crippen LogP contribution in [-0.2, 0) is 16.1 Å². The highest BCUT2D eigenvalue weighted by molar-refractivity contribution is 5.86. The van der Waals surface area contributed by atoms with Gasteiger partial charge in [-0.1, -0.05) is 24.3 Å². The molecule has 0 radical (unpaired) electrons. The van der Waals surface area contributed by atoms with E-state index in [4.69, 9.17) is 4.74 Å². The number of piperidine rings is 1. The molecule has 19 heavy (non-hydrogen) atoms. The number of benzene rings is 1. The molecule has 1 fully saturated rings. The number of carbonyl (C=O) groups excluding carboxylic acids is 2. The van der Waals surface area contributed by atoms with E-state index >= 15 is 0 Å². The molecule has 1 atom stereocenters. The highest BCUT2D eigenvalue weighted by atomic mass is 16.5. The maximum atomic E-state index is 11.6. The van der Waals surface area contributed by atoms with E-state index in [-0.39, 0.29) is 12.5 Å². The molecule has 0 aliphatic carbocycles. The number of carbonyl (C=O) groups is 2. The SMILES string of the molecule is Cc1ccccc1COC(=O)N[C@H]1CCCNC1=O. The lowest BCUT2D eigenvalue weighted by Crippen LogP contribution is -2.50. The van der Waals surface area contributed by atoms with Crippen molar-refractivity contribution < 1.29 is 14.3 Å². The largest absolute Gasteiger partial charge is 0.445 e. The molecule has 5 nitrogen and oxygen atoms in total. The summed E-state index contributed by atoms with van der Waals surface area (Å²) in [6, 6.07) is 7.24. The fraction of sp³-hybridized carbons (Fsp3) is 0.429. The van der Waals surface area contributed by atoms with Gasteiger partial charge in [0.2, 0.25) is 5.91 Å². The van der Waals surface area contributed by atoms with E-state index in [1.807, 2.05) is 31.2 Å². The number of nitrogens with one attached hydrogen (secondary N) is 2. The van der Waals surface area contributed by atoms with Gasteiger partial charge < -0.3 is 15.4 Å². The first-order chi connectivity index (χ1) is 9.16. The summed E-state index contributed by atoms with van der Waals surface area (Å²) in [5.41, 5.74) is 2.04. The normalized spacial score (nSPS) is 18.6. The lowest BCUT2D eigenvalue weighted by Gasteiger charge is -2.22. The molecule has 2 rings (SSSR count). The lowest BCUT2D eigenvalue weighted by atomic mass is 10.1. The van der Waals surface area contributed by atoms with Crippen LogP contribution in [0.15, 0.2) is 24.3 Å². The van der Waals surface area contributed by atoms with Gasteiger partial charge in [-0.05, 0) is 30.9 Å². The lowest BCUT2D eigenvalue weighted by molar-refractivity contribution is -0.124. The van der Waals surface area contributed by atoms with E-state index in [0.717, 1.165) is 17.5 Å². The second-order valence-electron chi connectivity index (χ2n) is 4.63. The molecule has 0 bridgehead atoms. The van der Waals surface area contributed by atoms with Crippen molar-refractivity contribution in [3.63, 3.8) is 0 Å². The number of aryl methyl sites for hydroxylation is 1. The molecule has 1 saturated heterocycles. The third kappa shape index (κ3) is 3.71. The third-order valence-electron chi connectivity index (χ3n) is 3.20. The monoisotopic (exact) mass is 262 g/mol. The molecule has 1 aliphatic heterocycles. The topological polar surface area (TPSA) is 67.4 Å². The number of hydrogen-bond donors (Lipinski definition) is 2. The van der Waals surface area contributed by atoms with Gasteiger partial charge in [-0.2, -0.15) is 0 Å².